The van der Waals surface area contributed by atoms with Crippen molar-refractivity contribution < 1.29 is 4.79 Å². The highest BCUT2D eigenvalue weighted by Gasteiger charge is 2.16. The van der Waals surface area contributed by atoms with Crippen molar-refractivity contribution in [1.82, 2.24) is 14.9 Å². The minimum absolute atomic E-state index is 0.0643. The Kier molecular flexibility index (Phi) is 6.42. The fourth-order valence-electron chi connectivity index (χ4n) is 3.11. The van der Waals surface area contributed by atoms with Crippen LogP contribution < -0.4 is 10.9 Å². The summed E-state index contributed by atoms with van der Waals surface area (Å²) in [5, 5.41) is 4.09. The van der Waals surface area contributed by atoms with E-state index in [1.807, 2.05) is 51.1 Å². The monoisotopic (exact) mass is 409 g/mol. The van der Waals surface area contributed by atoms with Crippen LogP contribution in [0.15, 0.2) is 52.4 Å². The van der Waals surface area contributed by atoms with Crippen LogP contribution in [0, 0.1) is 19.8 Å². The lowest BCUT2D eigenvalue weighted by Crippen LogP contribution is -2.37. The van der Waals surface area contributed by atoms with Gasteiger partial charge in [-0.15, -0.1) is 0 Å². The summed E-state index contributed by atoms with van der Waals surface area (Å²) in [7, 11) is 0. The van der Waals surface area contributed by atoms with Gasteiger partial charge in [-0.2, -0.15) is 0 Å². The highest BCUT2D eigenvalue weighted by atomic mass is 32.2. The average Bonchev–Trinajstić information content (AvgIpc) is 2.65. The average molecular weight is 410 g/mol. The van der Waals surface area contributed by atoms with Gasteiger partial charge < -0.3 is 5.32 Å². The summed E-state index contributed by atoms with van der Waals surface area (Å²) in [6.07, 6.45) is 0. The summed E-state index contributed by atoms with van der Waals surface area (Å²) < 4.78 is 1.62. The van der Waals surface area contributed by atoms with Gasteiger partial charge in [0, 0.05) is 6.04 Å². The van der Waals surface area contributed by atoms with Gasteiger partial charge in [-0.3, -0.25) is 14.2 Å². The third-order valence-electron chi connectivity index (χ3n) is 4.93. The van der Waals surface area contributed by atoms with Crippen LogP contribution in [-0.4, -0.2) is 27.3 Å². The van der Waals surface area contributed by atoms with Crippen LogP contribution >= 0.6 is 11.8 Å². The van der Waals surface area contributed by atoms with Crippen LogP contribution in [0.3, 0.4) is 0 Å². The minimum atomic E-state index is -0.126. The predicted molar refractivity (Wildman–Crippen MR) is 120 cm³/mol. The molecule has 0 saturated carbocycles. The number of aromatic nitrogens is 2. The first kappa shape index (κ1) is 21.1. The van der Waals surface area contributed by atoms with Crippen molar-refractivity contribution in [2.24, 2.45) is 5.92 Å². The zero-order valence-corrected chi connectivity index (χ0v) is 18.3. The normalized spacial score (nSPS) is 12.3. The van der Waals surface area contributed by atoms with Crippen molar-refractivity contribution >= 4 is 28.6 Å². The van der Waals surface area contributed by atoms with Gasteiger partial charge in [0.05, 0.1) is 22.3 Å². The standard InChI is InChI=1S/C23H27N3O2S/c1-14(2)17(5)24-21(27)13-29-23-25-20-9-7-6-8-19(20)22(28)26(23)18-11-15(3)10-16(4)12-18/h6-12,14,17H,13H2,1-5H3,(H,24,27)/t17-/m0/s1. The van der Waals surface area contributed by atoms with E-state index in [4.69, 9.17) is 4.98 Å². The lowest BCUT2D eigenvalue weighted by Gasteiger charge is -2.18. The quantitative estimate of drug-likeness (QED) is 0.488. The molecule has 3 aromatic rings. The summed E-state index contributed by atoms with van der Waals surface area (Å²) in [4.78, 5) is 30.4. The second-order valence-electron chi connectivity index (χ2n) is 7.79. The number of fused-ring (bicyclic) bond motifs is 1. The van der Waals surface area contributed by atoms with E-state index in [-0.39, 0.29) is 23.3 Å². The number of hydrogen-bond donors (Lipinski definition) is 1. The molecule has 2 aromatic carbocycles. The van der Waals surface area contributed by atoms with E-state index in [9.17, 15) is 9.59 Å². The molecule has 0 aliphatic carbocycles. The smallest absolute Gasteiger partial charge is 0.266 e. The molecule has 0 spiro atoms. The molecule has 1 N–H and O–H groups in total. The Balaban J connectivity index is 2.03. The minimum Gasteiger partial charge on any atom is -0.353 e. The Morgan fingerprint density at radius 2 is 1.76 bits per heavy atom. The summed E-state index contributed by atoms with van der Waals surface area (Å²) in [5.41, 5.74) is 3.42. The third kappa shape index (κ3) is 4.88. The highest BCUT2D eigenvalue weighted by molar-refractivity contribution is 7.99. The fraction of sp³-hybridized carbons (Fsp3) is 0.348. The number of nitrogens with zero attached hydrogens (tertiary/aromatic N) is 2. The molecule has 1 heterocycles. The molecule has 152 valence electrons. The Morgan fingerprint density at radius 3 is 2.41 bits per heavy atom. The van der Waals surface area contributed by atoms with Crippen LogP contribution in [0.25, 0.3) is 16.6 Å². The van der Waals surface area contributed by atoms with Crippen molar-refractivity contribution in [3.63, 3.8) is 0 Å². The van der Waals surface area contributed by atoms with Gasteiger partial charge in [-0.05, 0) is 62.1 Å². The molecule has 5 nitrogen and oxygen atoms in total. The number of para-hydroxylation sites is 1. The van der Waals surface area contributed by atoms with Gasteiger partial charge in [0.25, 0.3) is 5.56 Å². The Labute approximate surface area is 175 Å². The topological polar surface area (TPSA) is 64.0 Å². The van der Waals surface area contributed by atoms with Crippen LogP contribution in [0.2, 0.25) is 0 Å². The van der Waals surface area contributed by atoms with Crippen molar-refractivity contribution in [1.29, 1.82) is 0 Å². The SMILES string of the molecule is Cc1cc(C)cc(-n2c(SCC(=O)N[C@@H](C)C(C)C)nc3ccccc3c2=O)c1. The largest absolute Gasteiger partial charge is 0.353 e. The fourth-order valence-corrected chi connectivity index (χ4v) is 3.93. The first-order valence-corrected chi connectivity index (χ1v) is 10.8. The molecular formula is C23H27N3O2S. The molecule has 0 unspecified atom stereocenters. The molecule has 1 aromatic heterocycles. The number of carbonyl (C=O) groups excluding carboxylic acids is 1. The Morgan fingerprint density at radius 1 is 1.10 bits per heavy atom. The van der Waals surface area contributed by atoms with E-state index in [0.717, 1.165) is 16.8 Å². The number of carbonyl (C=O) groups is 1. The number of nitrogens with one attached hydrogen (secondary N) is 1. The number of benzene rings is 2. The molecule has 29 heavy (non-hydrogen) atoms. The third-order valence-corrected chi connectivity index (χ3v) is 5.87. The Hall–Kier alpha value is -2.60. The molecule has 0 fully saturated rings. The van der Waals surface area contributed by atoms with E-state index in [0.29, 0.717) is 22.0 Å². The van der Waals surface area contributed by atoms with Crippen molar-refractivity contribution in [2.75, 3.05) is 5.75 Å². The van der Waals surface area contributed by atoms with Gasteiger partial charge in [-0.1, -0.05) is 43.8 Å². The van der Waals surface area contributed by atoms with Crippen molar-refractivity contribution in [2.45, 2.75) is 45.8 Å². The lowest BCUT2D eigenvalue weighted by molar-refractivity contribution is -0.119. The maximum atomic E-state index is 13.3. The number of amides is 1. The number of thioether (sulfide) groups is 1. The highest BCUT2D eigenvalue weighted by Crippen LogP contribution is 2.22. The molecule has 0 radical (unpaired) electrons. The second-order valence-corrected chi connectivity index (χ2v) is 8.73. The Bertz CT molecular complexity index is 1080. The molecule has 0 bridgehead atoms. The summed E-state index contributed by atoms with van der Waals surface area (Å²) >= 11 is 1.28. The zero-order valence-electron chi connectivity index (χ0n) is 17.5. The van der Waals surface area contributed by atoms with Gasteiger partial charge in [0.2, 0.25) is 5.91 Å². The summed E-state index contributed by atoms with van der Waals surface area (Å²) in [5.74, 6) is 0.494. The summed E-state index contributed by atoms with van der Waals surface area (Å²) in [6.45, 7) is 10.1. The van der Waals surface area contributed by atoms with E-state index >= 15 is 0 Å². The van der Waals surface area contributed by atoms with Gasteiger partial charge in [0.15, 0.2) is 5.16 Å². The molecular weight excluding hydrogens is 382 g/mol. The molecule has 0 aliphatic rings. The number of rotatable bonds is 6. The maximum Gasteiger partial charge on any atom is 0.266 e. The number of hydrogen-bond acceptors (Lipinski definition) is 4. The lowest BCUT2D eigenvalue weighted by atomic mass is 10.1. The molecule has 6 heteroatoms. The van der Waals surface area contributed by atoms with Crippen LogP contribution in [0.1, 0.15) is 31.9 Å². The maximum absolute atomic E-state index is 13.3. The van der Waals surface area contributed by atoms with Crippen LogP contribution in [0.4, 0.5) is 0 Å². The van der Waals surface area contributed by atoms with Gasteiger partial charge in [0.1, 0.15) is 0 Å². The molecule has 0 aliphatic heterocycles. The van der Waals surface area contributed by atoms with Gasteiger partial charge in [-0.25, -0.2) is 4.98 Å². The zero-order chi connectivity index (χ0) is 21.1. The van der Waals surface area contributed by atoms with E-state index in [2.05, 4.69) is 25.2 Å². The van der Waals surface area contributed by atoms with E-state index < -0.39 is 0 Å². The van der Waals surface area contributed by atoms with Crippen molar-refractivity contribution in [3.8, 4) is 5.69 Å². The van der Waals surface area contributed by atoms with Crippen molar-refractivity contribution in [3.05, 3.63) is 63.9 Å². The predicted octanol–water partition coefficient (Wildman–Crippen LogP) is 4.26. The molecule has 3 rings (SSSR count). The van der Waals surface area contributed by atoms with E-state index in [1.165, 1.54) is 11.8 Å². The second kappa shape index (κ2) is 8.82. The number of aryl methyl sites for hydroxylation is 2. The van der Waals surface area contributed by atoms with Crippen LogP contribution in [-0.2, 0) is 4.79 Å². The first-order valence-electron chi connectivity index (χ1n) is 9.79. The molecule has 1 atom stereocenters. The molecule has 1 amide bonds. The van der Waals surface area contributed by atoms with E-state index in [1.54, 1.807) is 10.6 Å². The van der Waals surface area contributed by atoms with Crippen LogP contribution in [0.5, 0.6) is 0 Å². The van der Waals surface area contributed by atoms with Gasteiger partial charge >= 0.3 is 0 Å². The summed E-state index contributed by atoms with van der Waals surface area (Å²) in [6, 6.07) is 13.4. The molecule has 0 saturated heterocycles. The first-order chi connectivity index (χ1) is 13.8.